The van der Waals surface area contributed by atoms with Gasteiger partial charge in [0.05, 0.1) is 13.7 Å². The van der Waals surface area contributed by atoms with E-state index >= 15 is 0 Å². The molecule has 1 aromatic rings. The second-order valence-corrected chi connectivity index (χ2v) is 5.76. The molecule has 0 saturated carbocycles. The van der Waals surface area contributed by atoms with Crippen molar-refractivity contribution in [3.63, 3.8) is 0 Å². The van der Waals surface area contributed by atoms with Gasteiger partial charge in [0.1, 0.15) is 5.75 Å². The smallest absolute Gasteiger partial charge is 0.123 e. The van der Waals surface area contributed by atoms with Crippen LogP contribution in [0.2, 0.25) is 0 Å². The lowest BCUT2D eigenvalue weighted by molar-refractivity contribution is 0.156. The Labute approximate surface area is 128 Å². The number of nitrogens with zero attached hydrogens (tertiary/aromatic N) is 1. The molecule has 0 radical (unpaired) electrons. The van der Waals surface area contributed by atoms with Crippen molar-refractivity contribution in [2.24, 2.45) is 0 Å². The van der Waals surface area contributed by atoms with Crippen molar-refractivity contribution >= 4 is 0 Å². The van der Waals surface area contributed by atoms with Crippen LogP contribution in [0, 0.1) is 0 Å². The zero-order chi connectivity index (χ0) is 15.1. The van der Waals surface area contributed by atoms with Gasteiger partial charge in [-0.2, -0.15) is 0 Å². The third kappa shape index (κ3) is 4.70. The van der Waals surface area contributed by atoms with Gasteiger partial charge >= 0.3 is 0 Å². The molecule has 1 heterocycles. The van der Waals surface area contributed by atoms with Gasteiger partial charge in [-0.15, -0.1) is 0 Å². The summed E-state index contributed by atoms with van der Waals surface area (Å²) in [6.45, 7) is 6.79. The van der Waals surface area contributed by atoms with Crippen molar-refractivity contribution in [2.45, 2.75) is 38.9 Å². The van der Waals surface area contributed by atoms with E-state index in [4.69, 9.17) is 9.47 Å². The van der Waals surface area contributed by atoms with E-state index < -0.39 is 0 Å². The molecule has 1 saturated heterocycles. The highest BCUT2D eigenvalue weighted by molar-refractivity contribution is 5.37. The summed E-state index contributed by atoms with van der Waals surface area (Å²) >= 11 is 0. The highest BCUT2D eigenvalue weighted by atomic mass is 16.5. The Morgan fingerprint density at radius 3 is 2.95 bits per heavy atom. The summed E-state index contributed by atoms with van der Waals surface area (Å²) in [4.78, 5) is 2.37. The molecule has 1 N–H and O–H groups in total. The molecule has 1 fully saturated rings. The topological polar surface area (TPSA) is 33.7 Å². The van der Waals surface area contributed by atoms with E-state index in [0.717, 1.165) is 51.4 Å². The minimum Gasteiger partial charge on any atom is -0.496 e. The zero-order valence-electron chi connectivity index (χ0n) is 13.5. The summed E-state index contributed by atoms with van der Waals surface area (Å²) in [5, 5.41) is 3.45. The number of methoxy groups -OCH3 is 1. The van der Waals surface area contributed by atoms with Gasteiger partial charge in [-0.3, -0.25) is 4.90 Å². The van der Waals surface area contributed by atoms with Gasteiger partial charge in [0.25, 0.3) is 0 Å². The summed E-state index contributed by atoms with van der Waals surface area (Å²) in [5.41, 5.74) is 2.57. The normalized spacial score (nSPS) is 18.4. The first-order valence-corrected chi connectivity index (χ1v) is 7.89. The molecule has 0 bridgehead atoms. The Bertz CT molecular complexity index is 431. The fourth-order valence-corrected chi connectivity index (χ4v) is 2.74. The van der Waals surface area contributed by atoms with Crippen molar-refractivity contribution < 1.29 is 9.47 Å². The average Bonchev–Trinajstić information content (AvgIpc) is 3.02. The number of hydrogen-bond acceptors (Lipinski definition) is 4. The number of nitrogens with one attached hydrogen (secondary N) is 1. The SMILES string of the molecule is CCCNCc1ccc(OC)c(CN(C)C2CCOC2)c1. The minimum absolute atomic E-state index is 0.525. The second kappa shape index (κ2) is 8.37. The first kappa shape index (κ1) is 16.3. The molecule has 0 amide bonds. The first-order valence-electron chi connectivity index (χ1n) is 7.89. The van der Waals surface area contributed by atoms with Gasteiger partial charge in [-0.05, 0) is 44.1 Å². The Hall–Kier alpha value is -1.10. The van der Waals surface area contributed by atoms with Gasteiger partial charge < -0.3 is 14.8 Å². The minimum atomic E-state index is 0.525. The summed E-state index contributed by atoms with van der Waals surface area (Å²) in [7, 11) is 3.91. The number of ether oxygens (including phenoxy) is 2. The van der Waals surface area contributed by atoms with Crippen LogP contribution in [0.5, 0.6) is 5.75 Å². The molecule has 1 atom stereocenters. The van der Waals surface area contributed by atoms with E-state index in [0.29, 0.717) is 6.04 Å². The number of rotatable bonds is 8. The molecule has 2 rings (SSSR count). The summed E-state index contributed by atoms with van der Waals surface area (Å²) in [6.07, 6.45) is 2.28. The van der Waals surface area contributed by atoms with Crippen molar-refractivity contribution in [1.82, 2.24) is 10.2 Å². The molecule has 1 aliphatic rings. The van der Waals surface area contributed by atoms with E-state index in [-0.39, 0.29) is 0 Å². The van der Waals surface area contributed by atoms with E-state index in [1.54, 1.807) is 7.11 Å². The van der Waals surface area contributed by atoms with Gasteiger partial charge in [-0.1, -0.05) is 13.0 Å². The van der Waals surface area contributed by atoms with Gasteiger partial charge in [0.2, 0.25) is 0 Å². The molecule has 0 aliphatic carbocycles. The standard InChI is InChI=1S/C17H28N2O2/c1-4-8-18-11-14-5-6-17(20-3)15(10-14)12-19(2)16-7-9-21-13-16/h5-6,10,16,18H,4,7-9,11-13H2,1-3H3. The van der Waals surface area contributed by atoms with Crippen LogP contribution in [-0.2, 0) is 17.8 Å². The Morgan fingerprint density at radius 1 is 1.43 bits per heavy atom. The zero-order valence-corrected chi connectivity index (χ0v) is 13.5. The summed E-state index contributed by atoms with van der Waals surface area (Å²) in [6, 6.07) is 7.01. The fourth-order valence-electron chi connectivity index (χ4n) is 2.74. The Morgan fingerprint density at radius 2 is 2.29 bits per heavy atom. The van der Waals surface area contributed by atoms with Crippen molar-refractivity contribution in [2.75, 3.05) is 33.9 Å². The maximum Gasteiger partial charge on any atom is 0.123 e. The fraction of sp³-hybridized carbons (Fsp3) is 0.647. The third-order valence-electron chi connectivity index (χ3n) is 4.05. The third-order valence-corrected chi connectivity index (χ3v) is 4.05. The van der Waals surface area contributed by atoms with Gasteiger partial charge in [-0.25, -0.2) is 0 Å². The van der Waals surface area contributed by atoms with Gasteiger partial charge in [0, 0.05) is 31.3 Å². The second-order valence-electron chi connectivity index (χ2n) is 5.76. The molecule has 1 aliphatic heterocycles. The molecule has 118 valence electrons. The van der Waals surface area contributed by atoms with E-state index in [9.17, 15) is 0 Å². The lowest BCUT2D eigenvalue weighted by Gasteiger charge is -2.24. The van der Waals surface area contributed by atoms with Crippen molar-refractivity contribution in [1.29, 1.82) is 0 Å². The highest BCUT2D eigenvalue weighted by Gasteiger charge is 2.21. The average molecular weight is 292 g/mol. The molecule has 4 nitrogen and oxygen atoms in total. The Kier molecular flexibility index (Phi) is 6.49. The Balaban J connectivity index is 2.02. The summed E-state index contributed by atoms with van der Waals surface area (Å²) < 4.78 is 11.0. The number of likely N-dealkylation sites (N-methyl/N-ethyl adjacent to an activating group) is 1. The maximum absolute atomic E-state index is 5.51. The quantitative estimate of drug-likeness (QED) is 0.746. The largest absolute Gasteiger partial charge is 0.496 e. The van der Waals surface area contributed by atoms with Gasteiger partial charge in [0.15, 0.2) is 0 Å². The highest BCUT2D eigenvalue weighted by Crippen LogP contribution is 2.23. The molecule has 4 heteroatoms. The molecule has 1 aromatic carbocycles. The first-order chi connectivity index (χ1) is 10.2. The van der Waals surface area contributed by atoms with Crippen LogP contribution in [0.25, 0.3) is 0 Å². The molecule has 0 aromatic heterocycles. The van der Waals surface area contributed by atoms with Crippen LogP contribution in [-0.4, -0.2) is 44.9 Å². The maximum atomic E-state index is 5.51. The monoisotopic (exact) mass is 292 g/mol. The number of hydrogen-bond donors (Lipinski definition) is 1. The number of benzene rings is 1. The summed E-state index contributed by atoms with van der Waals surface area (Å²) in [5.74, 6) is 0.972. The molecule has 21 heavy (non-hydrogen) atoms. The lowest BCUT2D eigenvalue weighted by Crippen LogP contribution is -2.31. The van der Waals surface area contributed by atoms with E-state index in [2.05, 4.69) is 42.4 Å². The van der Waals surface area contributed by atoms with Crippen molar-refractivity contribution in [3.05, 3.63) is 29.3 Å². The molecule has 0 spiro atoms. The predicted molar refractivity (Wildman–Crippen MR) is 85.7 cm³/mol. The van der Waals surface area contributed by atoms with Crippen LogP contribution < -0.4 is 10.1 Å². The van der Waals surface area contributed by atoms with Crippen LogP contribution in [0.4, 0.5) is 0 Å². The molecule has 1 unspecified atom stereocenters. The van der Waals surface area contributed by atoms with Crippen LogP contribution >= 0.6 is 0 Å². The molecular weight excluding hydrogens is 264 g/mol. The van der Waals surface area contributed by atoms with Crippen LogP contribution in [0.1, 0.15) is 30.9 Å². The lowest BCUT2D eigenvalue weighted by atomic mass is 10.1. The van der Waals surface area contributed by atoms with E-state index in [1.165, 1.54) is 11.1 Å². The van der Waals surface area contributed by atoms with E-state index in [1.807, 2.05) is 0 Å². The van der Waals surface area contributed by atoms with Crippen LogP contribution in [0.15, 0.2) is 18.2 Å². The molecular formula is C17H28N2O2. The van der Waals surface area contributed by atoms with Crippen molar-refractivity contribution in [3.8, 4) is 5.75 Å². The van der Waals surface area contributed by atoms with Crippen LogP contribution in [0.3, 0.4) is 0 Å². The predicted octanol–water partition coefficient (Wildman–Crippen LogP) is 2.42.